The Morgan fingerprint density at radius 2 is 1.93 bits per heavy atom. The van der Waals surface area contributed by atoms with Crippen molar-refractivity contribution >= 4 is 48.7 Å². The number of rotatable bonds is 7. The second kappa shape index (κ2) is 9.33. The number of pyridine rings is 1. The molecule has 0 fully saturated rings. The van der Waals surface area contributed by atoms with Crippen LogP contribution in [0.15, 0.2) is 63.7 Å². The van der Waals surface area contributed by atoms with Gasteiger partial charge in [0, 0.05) is 22.1 Å². The van der Waals surface area contributed by atoms with Crippen LogP contribution in [0, 0.1) is 0 Å². The molecule has 1 atom stereocenters. The monoisotopic (exact) mass is 490 g/mol. The second-order valence-corrected chi connectivity index (χ2v) is 8.06. The van der Waals surface area contributed by atoms with E-state index in [2.05, 4.69) is 54.3 Å². The first-order chi connectivity index (χ1) is 13.0. The van der Waals surface area contributed by atoms with E-state index in [9.17, 15) is 4.79 Å². The quantitative estimate of drug-likeness (QED) is 0.489. The highest BCUT2D eigenvalue weighted by atomic mass is 79.9. The van der Waals surface area contributed by atoms with Gasteiger partial charge in [0.05, 0.1) is 4.47 Å². The van der Waals surface area contributed by atoms with Crippen molar-refractivity contribution in [3.05, 3.63) is 69.2 Å². The molecule has 0 aliphatic heterocycles. The fraction of sp³-hybridized carbons (Fsp3) is 0.238. The highest BCUT2D eigenvalue weighted by Gasteiger charge is 2.14. The van der Waals surface area contributed by atoms with Crippen LogP contribution in [0.4, 0.5) is 0 Å². The zero-order chi connectivity index (χ0) is 19.2. The number of nitrogens with one attached hydrogen (secondary N) is 1. The highest BCUT2D eigenvalue weighted by molar-refractivity contribution is 9.11. The number of aryl methyl sites for hydroxylation is 1. The zero-order valence-electron chi connectivity index (χ0n) is 14.9. The first kappa shape index (κ1) is 19.8. The third-order valence-electron chi connectivity index (χ3n) is 4.21. The average molecular weight is 492 g/mol. The van der Waals surface area contributed by atoms with E-state index in [0.29, 0.717) is 11.3 Å². The number of hydrogen-bond acceptors (Lipinski definition) is 3. The molecule has 6 heteroatoms. The van der Waals surface area contributed by atoms with Gasteiger partial charge in [-0.3, -0.25) is 9.78 Å². The van der Waals surface area contributed by atoms with E-state index in [-0.39, 0.29) is 18.6 Å². The molecule has 1 heterocycles. The Bertz CT molecular complexity index is 932. The van der Waals surface area contributed by atoms with Crippen molar-refractivity contribution < 1.29 is 9.53 Å². The summed E-state index contributed by atoms with van der Waals surface area (Å²) in [4.78, 5) is 16.7. The minimum absolute atomic E-state index is 0.0540. The number of amides is 1. The fourth-order valence-corrected chi connectivity index (χ4v) is 4.23. The minimum atomic E-state index is -0.144. The largest absolute Gasteiger partial charge is 0.480 e. The lowest BCUT2D eigenvalue weighted by Gasteiger charge is -2.15. The van der Waals surface area contributed by atoms with Crippen molar-refractivity contribution in [2.24, 2.45) is 0 Å². The second-order valence-electron chi connectivity index (χ2n) is 6.35. The first-order valence-corrected chi connectivity index (χ1v) is 10.3. The van der Waals surface area contributed by atoms with Crippen LogP contribution in [0.25, 0.3) is 10.9 Å². The van der Waals surface area contributed by atoms with Gasteiger partial charge in [-0.2, -0.15) is 0 Å². The van der Waals surface area contributed by atoms with E-state index in [1.165, 1.54) is 5.56 Å². The third kappa shape index (κ3) is 5.30. The summed E-state index contributed by atoms with van der Waals surface area (Å²) in [7, 11) is 0. The molecule has 1 amide bonds. The number of fused-ring (bicyclic) bond motifs is 1. The lowest BCUT2D eigenvalue weighted by Crippen LogP contribution is -2.36. The zero-order valence-corrected chi connectivity index (χ0v) is 18.1. The molecule has 0 spiro atoms. The minimum Gasteiger partial charge on any atom is -0.480 e. The fourth-order valence-electron chi connectivity index (χ4n) is 2.84. The highest BCUT2D eigenvalue weighted by Crippen LogP contribution is 2.37. The van der Waals surface area contributed by atoms with Gasteiger partial charge in [0.1, 0.15) is 5.52 Å². The van der Waals surface area contributed by atoms with Crippen LogP contribution in [0.1, 0.15) is 18.9 Å². The molecule has 0 radical (unpaired) electrons. The van der Waals surface area contributed by atoms with Gasteiger partial charge in [-0.1, -0.05) is 52.3 Å². The smallest absolute Gasteiger partial charge is 0.258 e. The molecule has 4 nitrogen and oxygen atoms in total. The van der Waals surface area contributed by atoms with Crippen LogP contribution < -0.4 is 10.1 Å². The van der Waals surface area contributed by atoms with Gasteiger partial charge >= 0.3 is 0 Å². The van der Waals surface area contributed by atoms with Crippen molar-refractivity contribution in [2.45, 2.75) is 25.8 Å². The van der Waals surface area contributed by atoms with Crippen LogP contribution in [0.3, 0.4) is 0 Å². The summed E-state index contributed by atoms with van der Waals surface area (Å²) in [5, 5.41) is 3.93. The topological polar surface area (TPSA) is 51.2 Å². The molecule has 1 unspecified atom stereocenters. The molecule has 27 heavy (non-hydrogen) atoms. The molecular formula is C21H20Br2N2O2. The summed E-state index contributed by atoms with van der Waals surface area (Å²) in [5.41, 5.74) is 1.98. The Kier molecular flexibility index (Phi) is 6.85. The summed E-state index contributed by atoms with van der Waals surface area (Å²) in [6.07, 6.45) is 3.51. The van der Waals surface area contributed by atoms with Crippen LogP contribution in [-0.4, -0.2) is 23.5 Å². The van der Waals surface area contributed by atoms with Gasteiger partial charge in [0.25, 0.3) is 5.91 Å². The normalized spacial score (nSPS) is 12.0. The van der Waals surface area contributed by atoms with Crippen molar-refractivity contribution in [3.8, 4) is 5.75 Å². The summed E-state index contributed by atoms with van der Waals surface area (Å²) in [5.74, 6) is 0.426. The maximum absolute atomic E-state index is 12.3. The summed E-state index contributed by atoms with van der Waals surface area (Å²) in [6, 6.07) is 16.1. The maximum Gasteiger partial charge on any atom is 0.258 e. The number of aromatic nitrogens is 1. The standard InChI is InChI=1S/C21H20Br2N2O2/c1-14(9-10-15-6-3-2-4-7-15)25-19(26)13-27-21-18(23)12-17(22)16-8-5-11-24-20(16)21/h2-8,11-12,14H,9-10,13H2,1H3,(H,25,26). The number of ether oxygens (including phenoxy) is 1. The van der Waals surface area contributed by atoms with E-state index >= 15 is 0 Å². The van der Waals surface area contributed by atoms with E-state index in [0.717, 1.165) is 27.2 Å². The Morgan fingerprint density at radius 1 is 1.15 bits per heavy atom. The predicted molar refractivity (Wildman–Crippen MR) is 115 cm³/mol. The van der Waals surface area contributed by atoms with E-state index in [1.54, 1.807) is 6.20 Å². The van der Waals surface area contributed by atoms with Gasteiger partial charge in [-0.05, 0) is 53.4 Å². The molecule has 0 aliphatic carbocycles. The maximum atomic E-state index is 12.3. The third-order valence-corrected chi connectivity index (χ3v) is 5.46. The SMILES string of the molecule is CC(CCc1ccccc1)NC(=O)COc1c(Br)cc(Br)c2cccnc12. The van der Waals surface area contributed by atoms with Crippen LogP contribution in [0.2, 0.25) is 0 Å². The van der Waals surface area contributed by atoms with E-state index < -0.39 is 0 Å². The molecule has 3 aromatic rings. The Balaban J connectivity index is 1.57. The Labute approximate surface area is 175 Å². The molecule has 0 saturated heterocycles. The predicted octanol–water partition coefficient (Wildman–Crippen LogP) is 5.28. The number of carbonyl (C=O) groups excluding carboxylic acids is 1. The molecule has 2 aromatic carbocycles. The number of benzene rings is 2. The van der Waals surface area contributed by atoms with Gasteiger partial charge in [-0.25, -0.2) is 0 Å². The Hall–Kier alpha value is -1.92. The van der Waals surface area contributed by atoms with E-state index in [1.807, 2.05) is 43.3 Å². The summed E-state index contributed by atoms with van der Waals surface area (Å²) < 4.78 is 7.46. The van der Waals surface area contributed by atoms with Gasteiger partial charge in [0.2, 0.25) is 0 Å². The number of carbonyl (C=O) groups is 1. The molecule has 140 valence electrons. The summed E-state index contributed by atoms with van der Waals surface area (Å²) >= 11 is 7.02. The number of nitrogens with zero attached hydrogens (tertiary/aromatic N) is 1. The van der Waals surface area contributed by atoms with Crippen LogP contribution in [0.5, 0.6) is 5.75 Å². The Morgan fingerprint density at radius 3 is 2.70 bits per heavy atom. The molecule has 0 saturated carbocycles. The van der Waals surface area contributed by atoms with Gasteiger partial charge < -0.3 is 10.1 Å². The van der Waals surface area contributed by atoms with E-state index in [4.69, 9.17) is 4.74 Å². The molecule has 3 rings (SSSR count). The average Bonchev–Trinajstić information content (AvgIpc) is 2.67. The number of hydrogen-bond donors (Lipinski definition) is 1. The van der Waals surface area contributed by atoms with Crippen molar-refractivity contribution in [1.29, 1.82) is 0 Å². The van der Waals surface area contributed by atoms with Crippen molar-refractivity contribution in [2.75, 3.05) is 6.61 Å². The lowest BCUT2D eigenvalue weighted by atomic mass is 10.1. The molecule has 1 aromatic heterocycles. The van der Waals surface area contributed by atoms with Crippen molar-refractivity contribution in [1.82, 2.24) is 10.3 Å². The summed E-state index contributed by atoms with van der Waals surface area (Å²) in [6.45, 7) is 1.95. The van der Waals surface area contributed by atoms with Crippen LogP contribution >= 0.6 is 31.9 Å². The molecular weight excluding hydrogens is 472 g/mol. The van der Waals surface area contributed by atoms with Gasteiger partial charge in [-0.15, -0.1) is 0 Å². The first-order valence-electron chi connectivity index (χ1n) is 8.73. The van der Waals surface area contributed by atoms with Gasteiger partial charge in [0.15, 0.2) is 12.4 Å². The molecule has 0 aliphatic rings. The lowest BCUT2D eigenvalue weighted by molar-refractivity contribution is -0.123. The number of halogens is 2. The molecule has 1 N–H and O–H groups in total. The van der Waals surface area contributed by atoms with Crippen molar-refractivity contribution in [3.63, 3.8) is 0 Å². The molecule has 0 bridgehead atoms. The van der Waals surface area contributed by atoms with Crippen LogP contribution in [-0.2, 0) is 11.2 Å².